The molecule has 7 nitrogen and oxygen atoms in total. The van der Waals surface area contributed by atoms with E-state index in [4.69, 9.17) is 9.88 Å². The van der Waals surface area contributed by atoms with Gasteiger partial charge < -0.3 is 10.1 Å². The van der Waals surface area contributed by atoms with Crippen LogP contribution >= 0.6 is 11.3 Å². The van der Waals surface area contributed by atoms with Crippen LogP contribution in [0.25, 0.3) is 6.08 Å². The smallest absolute Gasteiger partial charge is 0.331 e. The van der Waals surface area contributed by atoms with Crippen LogP contribution in [0.1, 0.15) is 11.8 Å². The van der Waals surface area contributed by atoms with Gasteiger partial charge in [-0.15, -0.1) is 11.3 Å². The van der Waals surface area contributed by atoms with E-state index in [2.05, 4.69) is 5.32 Å². The third kappa shape index (κ3) is 5.82. The zero-order chi connectivity index (χ0) is 18.4. The minimum Gasteiger partial charge on any atom is -0.449 e. The van der Waals surface area contributed by atoms with Crippen LogP contribution in [0.15, 0.2) is 52.7 Å². The Hall–Kier alpha value is -2.49. The van der Waals surface area contributed by atoms with Crippen molar-refractivity contribution in [1.82, 2.24) is 0 Å². The summed E-state index contributed by atoms with van der Waals surface area (Å²) < 4.78 is 27.4. The number of hydrogen-bond acceptors (Lipinski definition) is 6. The number of sulfonamides is 1. The normalized spacial score (nSPS) is 12.7. The maximum Gasteiger partial charge on any atom is 0.331 e. The zero-order valence-electron chi connectivity index (χ0n) is 13.2. The molecule has 1 aromatic heterocycles. The first-order valence-electron chi connectivity index (χ1n) is 7.11. The summed E-state index contributed by atoms with van der Waals surface area (Å²) in [4.78, 5) is 24.5. The van der Waals surface area contributed by atoms with Crippen LogP contribution in [0.3, 0.4) is 0 Å². The van der Waals surface area contributed by atoms with Crippen molar-refractivity contribution < 1.29 is 22.7 Å². The van der Waals surface area contributed by atoms with Gasteiger partial charge >= 0.3 is 5.97 Å². The fourth-order valence-electron chi connectivity index (χ4n) is 1.78. The van der Waals surface area contributed by atoms with E-state index in [-0.39, 0.29) is 4.90 Å². The topological polar surface area (TPSA) is 116 Å². The number of carbonyl (C=O) groups excluding carboxylic acids is 2. The van der Waals surface area contributed by atoms with Crippen LogP contribution in [0.5, 0.6) is 0 Å². The zero-order valence-corrected chi connectivity index (χ0v) is 14.8. The minimum absolute atomic E-state index is 0.0660. The third-order valence-electron chi connectivity index (χ3n) is 3.04. The molecule has 0 unspecified atom stereocenters. The molecule has 0 aliphatic rings. The number of nitrogens with one attached hydrogen (secondary N) is 1. The van der Waals surface area contributed by atoms with E-state index in [1.165, 1.54) is 48.6 Å². The number of rotatable bonds is 6. The maximum absolute atomic E-state index is 12.0. The van der Waals surface area contributed by atoms with Gasteiger partial charge in [0.15, 0.2) is 6.10 Å². The lowest BCUT2D eigenvalue weighted by Gasteiger charge is -2.12. The van der Waals surface area contributed by atoms with Gasteiger partial charge in [0.05, 0.1) is 4.90 Å². The van der Waals surface area contributed by atoms with E-state index in [9.17, 15) is 18.0 Å². The Balaban J connectivity index is 1.90. The number of benzene rings is 1. The number of hydrogen-bond donors (Lipinski definition) is 2. The predicted molar refractivity (Wildman–Crippen MR) is 95.4 cm³/mol. The molecule has 0 bridgehead atoms. The molecule has 132 valence electrons. The molecule has 2 aromatic rings. The van der Waals surface area contributed by atoms with Crippen LogP contribution < -0.4 is 10.5 Å². The van der Waals surface area contributed by atoms with Gasteiger partial charge in [0.1, 0.15) is 0 Å². The summed E-state index contributed by atoms with van der Waals surface area (Å²) in [5, 5.41) is 9.40. The highest BCUT2D eigenvalue weighted by Gasteiger charge is 2.17. The highest BCUT2D eigenvalue weighted by Crippen LogP contribution is 2.14. The monoisotopic (exact) mass is 380 g/mol. The summed E-state index contributed by atoms with van der Waals surface area (Å²) in [6.45, 7) is 1.44. The Morgan fingerprint density at radius 3 is 2.48 bits per heavy atom. The number of primary sulfonamides is 1. The second-order valence-corrected chi connectivity index (χ2v) is 7.53. The molecule has 25 heavy (non-hydrogen) atoms. The van der Waals surface area contributed by atoms with Crippen molar-refractivity contribution in [1.29, 1.82) is 0 Å². The summed E-state index contributed by atoms with van der Waals surface area (Å²) >= 11 is 1.47. The van der Waals surface area contributed by atoms with Gasteiger partial charge in [-0.25, -0.2) is 18.4 Å². The van der Waals surface area contributed by atoms with E-state index in [1.54, 1.807) is 6.08 Å². The van der Waals surface area contributed by atoms with E-state index >= 15 is 0 Å². The number of carbonyl (C=O) groups is 2. The predicted octanol–water partition coefficient (Wildman–Crippen LogP) is 1.98. The van der Waals surface area contributed by atoms with Gasteiger partial charge in [-0.05, 0) is 48.7 Å². The number of ether oxygens (including phenoxy) is 1. The van der Waals surface area contributed by atoms with Crippen LogP contribution in [0.4, 0.5) is 5.69 Å². The van der Waals surface area contributed by atoms with Gasteiger partial charge in [0.2, 0.25) is 10.0 Å². The molecular weight excluding hydrogens is 364 g/mol. The van der Waals surface area contributed by atoms with Crippen molar-refractivity contribution in [3.05, 3.63) is 52.7 Å². The lowest BCUT2D eigenvalue weighted by molar-refractivity contribution is -0.148. The Kier molecular flexibility index (Phi) is 6.07. The maximum atomic E-state index is 12.0. The molecule has 0 fully saturated rings. The fourth-order valence-corrected chi connectivity index (χ4v) is 2.91. The van der Waals surface area contributed by atoms with E-state index in [0.717, 1.165) is 4.88 Å². The first-order chi connectivity index (χ1) is 11.8. The molecule has 9 heteroatoms. The highest BCUT2D eigenvalue weighted by molar-refractivity contribution is 7.89. The standard InChI is InChI=1S/C16H16N2O5S2/c1-11(23-15(19)9-6-13-3-2-10-24-13)16(20)18-12-4-7-14(8-5-12)25(17,21)22/h2-11H,1H3,(H,18,20)(H2,17,21,22)/b9-6+/t11-/m1/s1. The van der Waals surface area contributed by atoms with Crippen LogP contribution in [0.2, 0.25) is 0 Å². The molecule has 1 aromatic carbocycles. The van der Waals surface area contributed by atoms with Gasteiger partial charge in [0, 0.05) is 16.6 Å². The number of anilines is 1. The summed E-state index contributed by atoms with van der Waals surface area (Å²) in [6.07, 6.45) is 1.83. The summed E-state index contributed by atoms with van der Waals surface area (Å²) in [6, 6.07) is 9.02. The van der Waals surface area contributed by atoms with Gasteiger partial charge in [-0.2, -0.15) is 0 Å². The molecule has 0 radical (unpaired) electrons. The summed E-state index contributed by atoms with van der Waals surface area (Å²) in [7, 11) is -3.79. The van der Waals surface area contributed by atoms with Crippen LogP contribution in [0, 0.1) is 0 Å². The SMILES string of the molecule is C[C@@H](OC(=O)/C=C/c1cccs1)C(=O)Nc1ccc(S(N)(=O)=O)cc1. The lowest BCUT2D eigenvalue weighted by atomic mass is 10.3. The molecule has 0 aliphatic carbocycles. The van der Waals surface area contributed by atoms with E-state index in [1.807, 2.05) is 17.5 Å². The highest BCUT2D eigenvalue weighted by atomic mass is 32.2. The van der Waals surface area contributed by atoms with Crippen molar-refractivity contribution in [2.75, 3.05) is 5.32 Å². The summed E-state index contributed by atoms with van der Waals surface area (Å²) in [5.74, 6) is -1.18. The molecule has 3 N–H and O–H groups in total. The molecular formula is C16H16N2O5S2. The Labute approximate surface area is 149 Å². The fraction of sp³-hybridized carbons (Fsp3) is 0.125. The van der Waals surface area contributed by atoms with Gasteiger partial charge in [-0.3, -0.25) is 4.79 Å². The van der Waals surface area contributed by atoms with Crippen LogP contribution in [-0.4, -0.2) is 26.4 Å². The third-order valence-corrected chi connectivity index (χ3v) is 4.81. The molecule has 2 rings (SSSR count). The second kappa shape index (κ2) is 8.06. The van der Waals surface area contributed by atoms with Crippen molar-refractivity contribution in [3.63, 3.8) is 0 Å². The van der Waals surface area contributed by atoms with Crippen molar-refractivity contribution in [2.24, 2.45) is 5.14 Å². The largest absolute Gasteiger partial charge is 0.449 e. The van der Waals surface area contributed by atoms with Crippen molar-refractivity contribution >= 4 is 45.0 Å². The van der Waals surface area contributed by atoms with Crippen molar-refractivity contribution in [2.45, 2.75) is 17.9 Å². The first kappa shape index (κ1) is 18.8. The molecule has 1 atom stereocenters. The number of thiophene rings is 1. The molecule has 0 spiro atoms. The molecule has 0 saturated heterocycles. The molecule has 0 saturated carbocycles. The number of amides is 1. The Bertz CT molecular complexity index is 872. The molecule has 0 aliphatic heterocycles. The van der Waals surface area contributed by atoms with Gasteiger partial charge in [0.25, 0.3) is 5.91 Å². The average molecular weight is 380 g/mol. The van der Waals surface area contributed by atoms with E-state index in [0.29, 0.717) is 5.69 Å². The molecule has 1 amide bonds. The minimum atomic E-state index is -3.79. The van der Waals surface area contributed by atoms with E-state index < -0.39 is 28.0 Å². The Morgan fingerprint density at radius 1 is 1.24 bits per heavy atom. The van der Waals surface area contributed by atoms with Crippen molar-refractivity contribution in [3.8, 4) is 0 Å². The van der Waals surface area contributed by atoms with Gasteiger partial charge in [-0.1, -0.05) is 6.07 Å². The average Bonchev–Trinajstić information content (AvgIpc) is 3.06. The van der Waals surface area contributed by atoms with Crippen LogP contribution in [-0.2, 0) is 24.3 Å². The number of nitrogens with two attached hydrogens (primary N) is 1. The Morgan fingerprint density at radius 2 is 1.92 bits per heavy atom. The quantitative estimate of drug-likeness (QED) is 0.587. The second-order valence-electron chi connectivity index (χ2n) is 4.99. The number of esters is 1. The lowest BCUT2D eigenvalue weighted by Crippen LogP contribution is -2.29. The first-order valence-corrected chi connectivity index (χ1v) is 9.54. The summed E-state index contributed by atoms with van der Waals surface area (Å²) in [5.41, 5.74) is 0.356. The molecule has 1 heterocycles.